The van der Waals surface area contributed by atoms with Gasteiger partial charge in [-0.3, -0.25) is 9.48 Å². The summed E-state index contributed by atoms with van der Waals surface area (Å²) in [5.74, 6) is -0.136. The first-order valence-corrected chi connectivity index (χ1v) is 10.5. The summed E-state index contributed by atoms with van der Waals surface area (Å²) in [4.78, 5) is 30.2. The van der Waals surface area contributed by atoms with Gasteiger partial charge < -0.3 is 19.5 Å². The van der Waals surface area contributed by atoms with E-state index < -0.39 is 18.5 Å². The molecule has 4 aromatic rings. The Morgan fingerprint density at radius 1 is 1.03 bits per heavy atom. The van der Waals surface area contributed by atoms with Crippen molar-refractivity contribution in [3.8, 4) is 22.8 Å². The average molecular weight is 460 g/mol. The lowest BCUT2D eigenvalue weighted by molar-refractivity contribution is -0.119. The number of methoxy groups -OCH3 is 2. The largest absolute Gasteiger partial charge is 0.497 e. The van der Waals surface area contributed by atoms with E-state index in [0.29, 0.717) is 45.2 Å². The topological polar surface area (TPSA) is 105 Å². The fraction of sp³-hybridized carbons (Fsp3) is 0.200. The van der Waals surface area contributed by atoms with Gasteiger partial charge in [-0.05, 0) is 25.1 Å². The predicted molar refractivity (Wildman–Crippen MR) is 127 cm³/mol. The number of carbonyl (C=O) groups excluding carboxylic acids is 2. The normalized spacial score (nSPS) is 10.7. The standard InChI is InChI=1S/C25H24N4O5/c1-15-23-18(13-20(16-8-6-5-7-9-16)27-24(23)29(2)28-15)25(31)34-14-22(30)26-19-11-10-17(32-3)12-21(19)33-4/h5-13H,14H2,1-4H3,(H,26,30). The number of hydrogen-bond acceptors (Lipinski definition) is 7. The Kier molecular flexibility index (Phi) is 6.44. The summed E-state index contributed by atoms with van der Waals surface area (Å²) in [5, 5.41) is 7.67. The second-order valence-corrected chi connectivity index (χ2v) is 7.52. The van der Waals surface area contributed by atoms with Gasteiger partial charge in [-0.15, -0.1) is 0 Å². The summed E-state index contributed by atoms with van der Waals surface area (Å²) in [6.07, 6.45) is 0. The van der Waals surface area contributed by atoms with Crippen molar-refractivity contribution < 1.29 is 23.8 Å². The van der Waals surface area contributed by atoms with Crippen LogP contribution in [0, 0.1) is 6.92 Å². The first kappa shape index (κ1) is 22.8. The number of esters is 1. The van der Waals surface area contributed by atoms with E-state index in [1.165, 1.54) is 14.2 Å². The Morgan fingerprint density at radius 2 is 1.79 bits per heavy atom. The minimum Gasteiger partial charge on any atom is -0.497 e. The zero-order chi connectivity index (χ0) is 24.2. The quantitative estimate of drug-likeness (QED) is 0.419. The highest BCUT2D eigenvalue weighted by Gasteiger charge is 2.21. The van der Waals surface area contributed by atoms with Crippen LogP contribution in [0.15, 0.2) is 54.6 Å². The molecule has 2 aromatic heterocycles. The molecule has 4 rings (SSSR count). The number of aryl methyl sites for hydroxylation is 2. The Hall–Kier alpha value is -4.40. The Bertz CT molecular complexity index is 1360. The molecule has 0 bridgehead atoms. The number of rotatable bonds is 7. The van der Waals surface area contributed by atoms with Crippen LogP contribution < -0.4 is 14.8 Å². The Balaban J connectivity index is 1.57. The maximum absolute atomic E-state index is 13.1. The van der Waals surface area contributed by atoms with Crippen molar-refractivity contribution in [3.63, 3.8) is 0 Å². The van der Waals surface area contributed by atoms with E-state index in [9.17, 15) is 9.59 Å². The molecule has 0 radical (unpaired) electrons. The van der Waals surface area contributed by atoms with Gasteiger partial charge in [0.25, 0.3) is 5.91 Å². The number of ether oxygens (including phenoxy) is 3. The molecule has 174 valence electrons. The van der Waals surface area contributed by atoms with Crippen LogP contribution in [-0.4, -0.2) is 47.5 Å². The number of nitrogens with one attached hydrogen (secondary N) is 1. The van der Waals surface area contributed by atoms with Gasteiger partial charge in [0.15, 0.2) is 12.3 Å². The van der Waals surface area contributed by atoms with Crippen molar-refractivity contribution in [1.82, 2.24) is 14.8 Å². The molecule has 34 heavy (non-hydrogen) atoms. The van der Waals surface area contributed by atoms with Crippen molar-refractivity contribution in [2.45, 2.75) is 6.92 Å². The van der Waals surface area contributed by atoms with Crippen LogP contribution in [0.5, 0.6) is 11.5 Å². The van der Waals surface area contributed by atoms with Crippen LogP contribution in [0.4, 0.5) is 5.69 Å². The van der Waals surface area contributed by atoms with Crippen molar-refractivity contribution in [1.29, 1.82) is 0 Å². The number of aromatic nitrogens is 3. The fourth-order valence-electron chi connectivity index (χ4n) is 3.66. The van der Waals surface area contributed by atoms with Gasteiger partial charge in [0.2, 0.25) is 0 Å². The Morgan fingerprint density at radius 3 is 2.50 bits per heavy atom. The molecule has 1 N–H and O–H groups in total. The van der Waals surface area contributed by atoms with Crippen LogP contribution in [0.3, 0.4) is 0 Å². The summed E-state index contributed by atoms with van der Waals surface area (Å²) >= 11 is 0. The molecule has 0 saturated heterocycles. The molecule has 1 amide bonds. The van der Waals surface area contributed by atoms with E-state index in [-0.39, 0.29) is 0 Å². The molecule has 0 fully saturated rings. The van der Waals surface area contributed by atoms with Gasteiger partial charge in [0.1, 0.15) is 11.5 Å². The highest BCUT2D eigenvalue weighted by molar-refractivity contribution is 6.06. The van der Waals surface area contributed by atoms with Crippen LogP contribution in [-0.2, 0) is 16.6 Å². The second kappa shape index (κ2) is 9.62. The molecule has 0 aliphatic rings. The smallest absolute Gasteiger partial charge is 0.339 e. The van der Waals surface area contributed by atoms with Crippen molar-refractivity contribution >= 4 is 28.6 Å². The minimum absolute atomic E-state index is 0.296. The molecular weight excluding hydrogens is 436 g/mol. The van der Waals surface area contributed by atoms with Gasteiger partial charge >= 0.3 is 5.97 Å². The third-order valence-corrected chi connectivity index (χ3v) is 5.28. The third kappa shape index (κ3) is 4.54. The van der Waals surface area contributed by atoms with E-state index >= 15 is 0 Å². The summed E-state index contributed by atoms with van der Waals surface area (Å²) in [6.45, 7) is 1.32. The van der Waals surface area contributed by atoms with Gasteiger partial charge in [0, 0.05) is 18.7 Å². The van der Waals surface area contributed by atoms with Crippen LogP contribution in [0.1, 0.15) is 16.1 Å². The summed E-state index contributed by atoms with van der Waals surface area (Å²) < 4.78 is 17.4. The van der Waals surface area contributed by atoms with E-state index in [1.54, 1.807) is 42.9 Å². The highest BCUT2D eigenvalue weighted by atomic mass is 16.5. The highest BCUT2D eigenvalue weighted by Crippen LogP contribution is 2.29. The average Bonchev–Trinajstić information content (AvgIpc) is 3.15. The van der Waals surface area contributed by atoms with E-state index in [0.717, 1.165) is 5.56 Å². The summed E-state index contributed by atoms with van der Waals surface area (Å²) in [6, 6.07) is 16.1. The number of pyridine rings is 1. The zero-order valence-corrected chi connectivity index (χ0v) is 19.3. The molecule has 0 aliphatic heterocycles. The minimum atomic E-state index is -0.641. The lowest BCUT2D eigenvalue weighted by Crippen LogP contribution is -2.21. The molecule has 0 atom stereocenters. The van der Waals surface area contributed by atoms with Crippen LogP contribution in [0.25, 0.3) is 22.3 Å². The zero-order valence-electron chi connectivity index (χ0n) is 19.3. The van der Waals surface area contributed by atoms with E-state index in [2.05, 4.69) is 15.4 Å². The molecule has 2 aromatic carbocycles. The first-order valence-electron chi connectivity index (χ1n) is 10.5. The third-order valence-electron chi connectivity index (χ3n) is 5.28. The predicted octanol–water partition coefficient (Wildman–Crippen LogP) is 3.76. The molecular formula is C25H24N4O5. The van der Waals surface area contributed by atoms with E-state index in [1.807, 2.05) is 30.3 Å². The summed E-state index contributed by atoms with van der Waals surface area (Å²) in [5.41, 5.74) is 3.38. The fourth-order valence-corrected chi connectivity index (χ4v) is 3.66. The van der Waals surface area contributed by atoms with Crippen LogP contribution in [0.2, 0.25) is 0 Å². The van der Waals surface area contributed by atoms with Gasteiger partial charge in [-0.2, -0.15) is 5.10 Å². The Labute approximate surface area is 196 Å². The van der Waals surface area contributed by atoms with Crippen molar-refractivity contribution in [2.75, 3.05) is 26.1 Å². The maximum atomic E-state index is 13.1. The van der Waals surface area contributed by atoms with Gasteiger partial charge in [-0.1, -0.05) is 30.3 Å². The number of amides is 1. The maximum Gasteiger partial charge on any atom is 0.339 e. The number of hydrogen-bond donors (Lipinski definition) is 1. The SMILES string of the molecule is COc1ccc(NC(=O)COC(=O)c2cc(-c3ccccc3)nc3c2c(C)nn3C)c(OC)c1. The second-order valence-electron chi connectivity index (χ2n) is 7.52. The molecule has 0 saturated carbocycles. The lowest BCUT2D eigenvalue weighted by Gasteiger charge is -2.12. The molecule has 9 nitrogen and oxygen atoms in total. The number of fused-ring (bicyclic) bond motifs is 1. The molecule has 2 heterocycles. The number of benzene rings is 2. The van der Waals surface area contributed by atoms with Gasteiger partial charge in [-0.25, -0.2) is 9.78 Å². The molecule has 0 aliphatic carbocycles. The van der Waals surface area contributed by atoms with Gasteiger partial charge in [0.05, 0.1) is 42.2 Å². The molecule has 9 heteroatoms. The number of carbonyl (C=O) groups is 2. The van der Waals surface area contributed by atoms with E-state index in [4.69, 9.17) is 14.2 Å². The molecule has 0 unspecified atom stereocenters. The number of nitrogens with zero attached hydrogens (tertiary/aromatic N) is 3. The molecule has 0 spiro atoms. The van der Waals surface area contributed by atoms with Crippen LogP contribution >= 0.6 is 0 Å². The first-order chi connectivity index (χ1) is 16.4. The van der Waals surface area contributed by atoms with Crippen molar-refractivity contribution in [2.24, 2.45) is 7.05 Å². The number of anilines is 1. The monoisotopic (exact) mass is 460 g/mol. The lowest BCUT2D eigenvalue weighted by atomic mass is 10.1. The summed E-state index contributed by atoms with van der Waals surface area (Å²) in [7, 11) is 4.79. The van der Waals surface area contributed by atoms with Crippen molar-refractivity contribution in [3.05, 3.63) is 65.9 Å².